The maximum absolute atomic E-state index is 14.1. The molecule has 5 aliphatic heterocycles. The molecule has 5 aromatic rings. The first-order valence-electron chi connectivity index (χ1n) is 25.6. The Morgan fingerprint density at radius 2 is 1.82 bits per heavy atom. The van der Waals surface area contributed by atoms with E-state index in [0.29, 0.717) is 71.4 Å². The molecule has 1 aromatic carbocycles. The summed E-state index contributed by atoms with van der Waals surface area (Å²) in [6.07, 6.45) is 12.5. The number of hydrogen-bond donors (Lipinski definition) is 4. The highest BCUT2D eigenvalue weighted by Crippen LogP contribution is 2.41. The molecule has 0 unspecified atom stereocenters. The minimum absolute atomic E-state index is 0.0517. The number of fused-ring (bicyclic) bond motifs is 4. The van der Waals surface area contributed by atoms with Crippen LogP contribution in [0.3, 0.4) is 0 Å². The van der Waals surface area contributed by atoms with Gasteiger partial charge in [0.1, 0.15) is 18.1 Å². The molecule has 18 nitrogen and oxygen atoms in total. The molecule has 4 aromatic heterocycles. The number of ether oxygens (including phenoxy) is 2. The number of nitrogens with zero attached hydrogens (tertiary/aromatic N) is 9. The zero-order chi connectivity index (χ0) is 49.8. The van der Waals surface area contributed by atoms with E-state index in [4.69, 9.17) is 19.4 Å². The summed E-state index contributed by atoms with van der Waals surface area (Å²) >= 11 is 0. The predicted octanol–water partition coefficient (Wildman–Crippen LogP) is 5.96. The molecule has 1 aliphatic carbocycles. The maximum Gasteiger partial charge on any atom is 0.293 e. The number of anilines is 7. The van der Waals surface area contributed by atoms with E-state index in [1.54, 1.807) is 30.4 Å². The largest absolute Gasteiger partial charge is 0.487 e. The van der Waals surface area contributed by atoms with Gasteiger partial charge in [0.05, 0.1) is 41.6 Å². The van der Waals surface area contributed by atoms with Crippen molar-refractivity contribution >= 4 is 52.0 Å². The van der Waals surface area contributed by atoms with Crippen LogP contribution in [0.2, 0.25) is 0 Å². The van der Waals surface area contributed by atoms with E-state index >= 15 is 0 Å². The number of pyridine rings is 2. The smallest absolute Gasteiger partial charge is 0.293 e. The van der Waals surface area contributed by atoms with Gasteiger partial charge in [0.15, 0.2) is 17.4 Å². The Balaban J connectivity index is 0.763. The van der Waals surface area contributed by atoms with Gasteiger partial charge >= 0.3 is 0 Å². The zero-order valence-corrected chi connectivity index (χ0v) is 41.8. The number of hydrogen-bond acceptors (Lipinski definition) is 14. The third-order valence-corrected chi connectivity index (χ3v) is 15.8. The van der Waals surface area contributed by atoms with E-state index in [-0.39, 0.29) is 40.7 Å². The lowest BCUT2D eigenvalue weighted by atomic mass is 9.90. The van der Waals surface area contributed by atoms with E-state index in [1.165, 1.54) is 21.9 Å². The van der Waals surface area contributed by atoms with Crippen LogP contribution < -0.4 is 40.9 Å². The van der Waals surface area contributed by atoms with Crippen LogP contribution in [0.4, 0.5) is 40.2 Å². The van der Waals surface area contributed by atoms with Gasteiger partial charge in [0.2, 0.25) is 5.91 Å². The van der Waals surface area contributed by atoms with Gasteiger partial charge in [0.25, 0.3) is 11.5 Å². The van der Waals surface area contributed by atoms with Crippen molar-refractivity contribution in [3.63, 3.8) is 0 Å². The topological polar surface area (TPSA) is 187 Å². The van der Waals surface area contributed by atoms with E-state index in [1.807, 2.05) is 30.5 Å². The predicted molar refractivity (Wildman–Crippen MR) is 279 cm³/mol. The number of amides is 2. The summed E-state index contributed by atoms with van der Waals surface area (Å²) in [7, 11) is 1.65. The molecule has 3 fully saturated rings. The number of benzene rings is 1. The average molecular weight is 979 g/mol. The number of nitrogens with one attached hydrogen (secondary N) is 3. The molecular weight excluding hydrogens is 913 g/mol. The summed E-state index contributed by atoms with van der Waals surface area (Å²) in [6.45, 7) is 17.7. The Morgan fingerprint density at radius 3 is 2.60 bits per heavy atom. The van der Waals surface area contributed by atoms with Crippen molar-refractivity contribution in [2.75, 3.05) is 89.7 Å². The Labute approximate surface area is 420 Å². The molecule has 72 heavy (non-hydrogen) atoms. The monoisotopic (exact) mass is 979 g/mol. The highest BCUT2D eigenvalue weighted by atomic mass is 16.5. The number of aryl methyl sites for hydroxylation is 1. The summed E-state index contributed by atoms with van der Waals surface area (Å²) in [4.78, 5) is 64.0. The molecule has 6 aliphatic rings. The molecule has 3 saturated heterocycles. The first-order valence-corrected chi connectivity index (χ1v) is 25.6. The number of aromatic nitrogens is 5. The first-order chi connectivity index (χ1) is 34.8. The first kappa shape index (κ1) is 47.6. The fourth-order valence-electron chi connectivity index (χ4n) is 12.1. The summed E-state index contributed by atoms with van der Waals surface area (Å²) in [5.74, 6) is 2.10. The molecule has 2 atom stereocenters. The summed E-state index contributed by atoms with van der Waals surface area (Å²) < 4.78 is 15.4. The van der Waals surface area contributed by atoms with Gasteiger partial charge in [-0.15, -0.1) is 0 Å². The Kier molecular flexibility index (Phi) is 12.8. The van der Waals surface area contributed by atoms with E-state index in [0.717, 1.165) is 107 Å². The third-order valence-electron chi connectivity index (χ3n) is 15.8. The lowest BCUT2D eigenvalue weighted by molar-refractivity contribution is -0.111. The fourth-order valence-corrected chi connectivity index (χ4v) is 12.1. The van der Waals surface area contributed by atoms with Crippen molar-refractivity contribution in [2.24, 2.45) is 18.4 Å². The normalized spacial score (nSPS) is 21.3. The van der Waals surface area contributed by atoms with Crippen molar-refractivity contribution < 1.29 is 24.2 Å². The maximum atomic E-state index is 14.1. The van der Waals surface area contributed by atoms with Gasteiger partial charge < -0.3 is 49.5 Å². The van der Waals surface area contributed by atoms with E-state index in [2.05, 4.69) is 73.6 Å². The third kappa shape index (κ3) is 9.08. The van der Waals surface area contributed by atoms with Crippen molar-refractivity contribution in [3.05, 3.63) is 101 Å². The Bertz CT molecular complexity index is 2970. The average Bonchev–Trinajstić information content (AvgIpc) is 3.89. The SMILES string of the molecule is C=CC(=O)Nc1cc(Nc2nc(-c3ccnc(N4CCn5c(cc6c5CC(C)(C)C6)C4=O)c3CO)cn(C)c2=O)ccc1N1CCN(C2CCN(c3cnc4c(c3)OC[C@@H](C3CCOCC3)N4)CC2)C[C@@H]1C. The van der Waals surface area contributed by atoms with Crippen LogP contribution in [-0.4, -0.2) is 123 Å². The van der Waals surface area contributed by atoms with Crippen molar-refractivity contribution in [3.8, 4) is 17.0 Å². The van der Waals surface area contributed by atoms with Gasteiger partial charge in [-0.3, -0.25) is 24.2 Å². The minimum Gasteiger partial charge on any atom is -0.487 e. The fraction of sp³-hybridized carbons (Fsp3) is 0.481. The minimum atomic E-state index is -0.402. The van der Waals surface area contributed by atoms with Crippen LogP contribution in [0.1, 0.15) is 73.8 Å². The number of carbonyl (C=O) groups is 2. The molecule has 0 bridgehead atoms. The molecule has 9 heterocycles. The molecule has 0 spiro atoms. The van der Waals surface area contributed by atoms with Crippen LogP contribution in [0, 0.1) is 11.3 Å². The lowest BCUT2D eigenvalue weighted by Crippen LogP contribution is -2.57. The highest BCUT2D eigenvalue weighted by Gasteiger charge is 2.38. The zero-order valence-electron chi connectivity index (χ0n) is 41.8. The molecular formula is C54H66N12O6. The lowest BCUT2D eigenvalue weighted by Gasteiger charge is -2.47. The summed E-state index contributed by atoms with van der Waals surface area (Å²) in [6, 6.07) is 12.4. The molecule has 378 valence electrons. The van der Waals surface area contributed by atoms with E-state index in [9.17, 15) is 19.5 Å². The quantitative estimate of drug-likeness (QED) is 0.114. The Morgan fingerprint density at radius 1 is 1.00 bits per heavy atom. The van der Waals surface area contributed by atoms with Gasteiger partial charge in [-0.2, -0.15) is 0 Å². The number of piperazine rings is 1. The van der Waals surface area contributed by atoms with Crippen LogP contribution in [0.5, 0.6) is 5.75 Å². The number of aliphatic hydroxyl groups is 1. The van der Waals surface area contributed by atoms with Gasteiger partial charge in [0, 0.05) is 119 Å². The molecule has 2 amide bonds. The van der Waals surface area contributed by atoms with Crippen molar-refractivity contribution in [2.45, 2.75) is 90.6 Å². The van der Waals surface area contributed by atoms with E-state index < -0.39 is 6.61 Å². The van der Waals surface area contributed by atoms with Crippen molar-refractivity contribution in [1.82, 2.24) is 29.0 Å². The van der Waals surface area contributed by atoms with Crippen LogP contribution in [0.15, 0.2) is 72.4 Å². The summed E-state index contributed by atoms with van der Waals surface area (Å²) in [5, 5.41) is 20.8. The molecule has 0 radical (unpaired) electrons. The number of aliphatic hydroxyl groups excluding tert-OH is 1. The van der Waals surface area contributed by atoms with Gasteiger partial charge in [-0.1, -0.05) is 20.4 Å². The molecule has 0 saturated carbocycles. The number of rotatable bonds is 11. The second kappa shape index (κ2) is 19.3. The standard InChI is InChI=1S/C54H66N12O6/c1-6-48(68)58-41-24-36(57-50-53(70)61(5)30-42(59-50)39-9-14-55-51(40(39)31-67)66-20-19-65-45(52(66)69)23-35-26-54(3,4)27-46(35)65)7-8-44(41)64-18-17-63(29-33(64)2)37-10-15-62(16-11-37)38-25-47-49(56-28-38)60-43(32-72-47)34-12-21-71-22-13-34/h6-9,14,23-25,28,30,33-34,37,43,67H,1,10-13,15-22,26-27,29,31-32H2,2-5H3,(H,56,60)(H,57,59)(H,58,68)/t33-,43-/m0/s1. The van der Waals surface area contributed by atoms with Crippen molar-refractivity contribution in [1.29, 1.82) is 0 Å². The molecule has 4 N–H and O–H groups in total. The Hall–Kier alpha value is -6.76. The second-order valence-electron chi connectivity index (χ2n) is 21.2. The number of piperidine rings is 1. The van der Waals surface area contributed by atoms with Crippen LogP contribution in [0.25, 0.3) is 11.3 Å². The molecule has 11 rings (SSSR count). The summed E-state index contributed by atoms with van der Waals surface area (Å²) in [5.41, 5.74) is 7.37. The highest BCUT2D eigenvalue weighted by molar-refractivity contribution is 6.06. The number of carbonyl (C=O) groups excluding carboxylic acids is 2. The van der Waals surface area contributed by atoms with Gasteiger partial charge in [-0.05, 0) is 98.8 Å². The second-order valence-corrected chi connectivity index (χ2v) is 21.2. The van der Waals surface area contributed by atoms with Crippen LogP contribution in [-0.2, 0) is 42.6 Å². The molecule has 18 heteroatoms. The van der Waals surface area contributed by atoms with Gasteiger partial charge in [-0.25, -0.2) is 15.0 Å². The van der Waals surface area contributed by atoms with Crippen LogP contribution >= 0.6 is 0 Å².